The highest BCUT2D eigenvalue weighted by molar-refractivity contribution is 5.16. The van der Waals surface area contributed by atoms with Gasteiger partial charge < -0.3 is 4.74 Å². The van der Waals surface area contributed by atoms with Gasteiger partial charge in [-0.15, -0.1) is 0 Å². The summed E-state index contributed by atoms with van der Waals surface area (Å²) >= 11 is 0. The molecule has 0 radical (unpaired) electrons. The van der Waals surface area contributed by atoms with Crippen LogP contribution in [0.2, 0.25) is 0 Å². The van der Waals surface area contributed by atoms with Crippen molar-refractivity contribution in [2.45, 2.75) is 19.1 Å². The largest absolute Gasteiger partial charge is 0.359 e. The summed E-state index contributed by atoms with van der Waals surface area (Å²) in [6.45, 7) is 3.89. The normalized spacial score (nSPS) is 27.8. The average Bonchev–Trinajstić information content (AvgIpc) is 2.54. The Balaban J connectivity index is 2.05. The van der Waals surface area contributed by atoms with E-state index in [-0.39, 0.29) is 5.72 Å². The zero-order valence-electron chi connectivity index (χ0n) is 7.92. The van der Waals surface area contributed by atoms with Crippen LogP contribution in [-0.4, -0.2) is 18.9 Å². The van der Waals surface area contributed by atoms with Crippen LogP contribution in [-0.2, 0) is 11.2 Å². The van der Waals surface area contributed by atoms with Crippen molar-refractivity contribution >= 4 is 0 Å². The zero-order chi connectivity index (χ0) is 9.15. The highest BCUT2D eigenvalue weighted by atomic mass is 16.5. The molecule has 2 nitrogen and oxygen atoms in total. The van der Waals surface area contributed by atoms with Gasteiger partial charge in [0.2, 0.25) is 0 Å². The topological polar surface area (TPSA) is 21.3 Å². The van der Waals surface area contributed by atoms with E-state index in [0.717, 1.165) is 19.6 Å². The van der Waals surface area contributed by atoms with Gasteiger partial charge in [0.05, 0.1) is 6.61 Å². The Hall–Kier alpha value is -0.860. The maximum Gasteiger partial charge on any atom is 0.120 e. The van der Waals surface area contributed by atoms with Crippen LogP contribution in [0.3, 0.4) is 0 Å². The summed E-state index contributed by atoms with van der Waals surface area (Å²) in [7, 11) is 0. The van der Waals surface area contributed by atoms with E-state index >= 15 is 0 Å². The van der Waals surface area contributed by atoms with E-state index in [1.165, 1.54) is 5.56 Å². The van der Waals surface area contributed by atoms with Crippen molar-refractivity contribution in [1.29, 1.82) is 0 Å². The lowest BCUT2D eigenvalue weighted by atomic mass is 10.0. The first-order chi connectivity index (χ1) is 6.29. The second-order valence-corrected chi connectivity index (χ2v) is 3.67. The summed E-state index contributed by atoms with van der Waals surface area (Å²) in [5, 5.41) is 3.36. The lowest BCUT2D eigenvalue weighted by Crippen LogP contribution is -2.39. The molecular weight excluding hydrogens is 162 g/mol. The molecule has 70 valence electrons. The number of nitrogens with one attached hydrogen (secondary N) is 1. The van der Waals surface area contributed by atoms with Crippen molar-refractivity contribution in [3.63, 3.8) is 0 Å². The van der Waals surface area contributed by atoms with E-state index in [4.69, 9.17) is 4.74 Å². The molecule has 1 unspecified atom stereocenters. The molecule has 13 heavy (non-hydrogen) atoms. The minimum atomic E-state index is -0.151. The molecule has 0 spiro atoms. The Labute approximate surface area is 78.9 Å². The van der Waals surface area contributed by atoms with Gasteiger partial charge in [-0.3, -0.25) is 5.32 Å². The Morgan fingerprint density at radius 1 is 1.38 bits per heavy atom. The Morgan fingerprint density at radius 3 is 2.77 bits per heavy atom. The summed E-state index contributed by atoms with van der Waals surface area (Å²) in [5.74, 6) is 0. The highest BCUT2D eigenvalue weighted by Gasteiger charge is 2.28. The van der Waals surface area contributed by atoms with Gasteiger partial charge in [-0.25, -0.2) is 0 Å². The van der Waals surface area contributed by atoms with Crippen LogP contribution in [0.15, 0.2) is 30.3 Å². The van der Waals surface area contributed by atoms with Crippen molar-refractivity contribution in [2.24, 2.45) is 0 Å². The first-order valence-electron chi connectivity index (χ1n) is 4.71. The van der Waals surface area contributed by atoms with E-state index in [1.54, 1.807) is 0 Å². The third kappa shape index (κ3) is 2.08. The molecule has 1 aromatic rings. The summed E-state index contributed by atoms with van der Waals surface area (Å²) in [6.07, 6.45) is 0.938. The number of rotatable bonds is 2. The highest BCUT2D eigenvalue weighted by Crippen LogP contribution is 2.17. The molecule has 0 saturated carbocycles. The zero-order valence-corrected chi connectivity index (χ0v) is 7.92. The lowest BCUT2D eigenvalue weighted by Gasteiger charge is -2.23. The molecule has 1 atom stereocenters. The maximum absolute atomic E-state index is 5.63. The van der Waals surface area contributed by atoms with E-state index in [2.05, 4.69) is 36.5 Å². The minimum absolute atomic E-state index is 0.151. The maximum atomic E-state index is 5.63. The fourth-order valence-corrected chi connectivity index (χ4v) is 1.74. The number of benzene rings is 1. The fourth-order valence-electron chi connectivity index (χ4n) is 1.74. The standard InChI is InChI=1S/C11H15NO/c1-11(12-7-8-13-11)9-10-5-3-2-4-6-10/h2-6,12H,7-9H2,1H3. The van der Waals surface area contributed by atoms with Gasteiger partial charge in [0.25, 0.3) is 0 Å². The molecule has 0 aliphatic carbocycles. The Kier molecular flexibility index (Phi) is 2.34. The van der Waals surface area contributed by atoms with Crippen LogP contribution >= 0.6 is 0 Å². The predicted octanol–water partition coefficient (Wildman–Crippen LogP) is 1.57. The van der Waals surface area contributed by atoms with Gasteiger partial charge in [0.15, 0.2) is 0 Å². The predicted molar refractivity (Wildman–Crippen MR) is 52.5 cm³/mol. The van der Waals surface area contributed by atoms with Gasteiger partial charge in [-0.2, -0.15) is 0 Å². The molecule has 0 amide bonds. The summed E-state index contributed by atoms with van der Waals surface area (Å²) in [4.78, 5) is 0. The first kappa shape index (κ1) is 8.73. The molecule has 1 aliphatic rings. The van der Waals surface area contributed by atoms with Crippen LogP contribution in [0.4, 0.5) is 0 Å². The molecule has 0 aromatic heterocycles. The summed E-state index contributed by atoms with van der Waals surface area (Å²) in [5.41, 5.74) is 1.17. The van der Waals surface area contributed by atoms with Crippen LogP contribution < -0.4 is 5.32 Å². The van der Waals surface area contributed by atoms with Crippen LogP contribution in [0.1, 0.15) is 12.5 Å². The molecule has 2 rings (SSSR count). The van der Waals surface area contributed by atoms with Gasteiger partial charge in [0, 0.05) is 13.0 Å². The summed E-state index contributed by atoms with van der Waals surface area (Å²) in [6, 6.07) is 10.4. The smallest absolute Gasteiger partial charge is 0.120 e. The second kappa shape index (κ2) is 3.48. The average molecular weight is 177 g/mol. The molecule has 0 bridgehead atoms. The summed E-state index contributed by atoms with van der Waals surface area (Å²) < 4.78 is 5.63. The van der Waals surface area contributed by atoms with Crippen molar-refractivity contribution in [3.8, 4) is 0 Å². The fraction of sp³-hybridized carbons (Fsp3) is 0.455. The van der Waals surface area contributed by atoms with E-state index < -0.39 is 0 Å². The van der Waals surface area contributed by atoms with Crippen LogP contribution in [0.5, 0.6) is 0 Å². The van der Waals surface area contributed by atoms with Crippen molar-refractivity contribution in [1.82, 2.24) is 5.32 Å². The molecule has 1 aliphatic heterocycles. The van der Waals surface area contributed by atoms with Crippen LogP contribution in [0.25, 0.3) is 0 Å². The minimum Gasteiger partial charge on any atom is -0.359 e. The monoisotopic (exact) mass is 177 g/mol. The van der Waals surface area contributed by atoms with Gasteiger partial charge in [-0.05, 0) is 12.5 Å². The number of ether oxygens (including phenoxy) is 1. The number of hydrogen-bond acceptors (Lipinski definition) is 2. The number of hydrogen-bond donors (Lipinski definition) is 1. The van der Waals surface area contributed by atoms with Gasteiger partial charge >= 0.3 is 0 Å². The Morgan fingerprint density at radius 2 is 2.15 bits per heavy atom. The molecule has 1 N–H and O–H groups in total. The van der Waals surface area contributed by atoms with Crippen LogP contribution in [0, 0.1) is 0 Å². The quantitative estimate of drug-likeness (QED) is 0.740. The van der Waals surface area contributed by atoms with E-state index in [1.807, 2.05) is 6.07 Å². The van der Waals surface area contributed by atoms with Crippen molar-refractivity contribution in [3.05, 3.63) is 35.9 Å². The molecule has 1 fully saturated rings. The van der Waals surface area contributed by atoms with Gasteiger partial charge in [0.1, 0.15) is 5.72 Å². The van der Waals surface area contributed by atoms with E-state index in [0.29, 0.717) is 0 Å². The van der Waals surface area contributed by atoms with Gasteiger partial charge in [-0.1, -0.05) is 30.3 Å². The van der Waals surface area contributed by atoms with Crippen molar-refractivity contribution in [2.75, 3.05) is 13.2 Å². The molecule has 1 saturated heterocycles. The molecule has 1 aromatic carbocycles. The third-order valence-electron chi connectivity index (χ3n) is 2.41. The molecule has 2 heteroatoms. The molecule has 1 heterocycles. The third-order valence-corrected chi connectivity index (χ3v) is 2.41. The Bertz CT molecular complexity index is 265. The molecular formula is C11H15NO. The van der Waals surface area contributed by atoms with Crippen molar-refractivity contribution < 1.29 is 4.74 Å². The second-order valence-electron chi connectivity index (χ2n) is 3.67. The van der Waals surface area contributed by atoms with E-state index in [9.17, 15) is 0 Å². The first-order valence-corrected chi connectivity index (χ1v) is 4.71. The lowest BCUT2D eigenvalue weighted by molar-refractivity contribution is 0.00702. The SMILES string of the molecule is CC1(Cc2ccccc2)NCCO1.